The van der Waals surface area contributed by atoms with E-state index in [0.29, 0.717) is 64.8 Å². The van der Waals surface area contributed by atoms with Gasteiger partial charge in [0, 0.05) is 23.0 Å². The molecule has 0 saturated carbocycles. The third-order valence-electron chi connectivity index (χ3n) is 4.02. The largest absolute Gasteiger partial charge is 0.493 e. The Bertz CT molecular complexity index is 974. The number of fused-ring (bicyclic) bond motifs is 1. The maximum absolute atomic E-state index is 14.2. The molecule has 0 fully saturated rings. The molecule has 3 rings (SSSR count). The molecule has 7 nitrogen and oxygen atoms in total. The number of methoxy groups -OCH3 is 2. The zero-order chi connectivity index (χ0) is 20.6. The smallest absolute Gasteiger partial charge is 0.163 e. The molecule has 1 N–H and O–H groups in total. The Kier molecular flexibility index (Phi) is 7.56. The zero-order valence-corrected chi connectivity index (χ0v) is 17.7. The van der Waals surface area contributed by atoms with Crippen molar-refractivity contribution in [2.24, 2.45) is 0 Å². The van der Waals surface area contributed by atoms with Gasteiger partial charge in [-0.25, -0.2) is 14.4 Å². The highest BCUT2D eigenvalue weighted by molar-refractivity contribution is 9.10. The fourth-order valence-corrected chi connectivity index (χ4v) is 2.94. The molecular formula is C20H21BrFN3O4. The number of nitrogens with zero attached hydrogens (tertiary/aromatic N) is 2. The van der Waals surface area contributed by atoms with Crippen LogP contribution in [0.2, 0.25) is 0 Å². The first-order chi connectivity index (χ1) is 14.1. The third kappa shape index (κ3) is 5.53. The van der Waals surface area contributed by atoms with E-state index >= 15 is 0 Å². The predicted molar refractivity (Wildman–Crippen MR) is 112 cm³/mol. The number of hydrogen-bond donors (Lipinski definition) is 1. The highest BCUT2D eigenvalue weighted by Crippen LogP contribution is 2.35. The topological polar surface area (TPSA) is 74.7 Å². The van der Waals surface area contributed by atoms with Crippen LogP contribution in [0.1, 0.15) is 0 Å². The molecule has 9 heteroatoms. The van der Waals surface area contributed by atoms with Gasteiger partial charge >= 0.3 is 0 Å². The number of hydrogen-bond acceptors (Lipinski definition) is 7. The second-order valence-electron chi connectivity index (χ2n) is 5.95. The summed E-state index contributed by atoms with van der Waals surface area (Å²) in [7, 11) is 3.17. The first-order valence-electron chi connectivity index (χ1n) is 8.86. The average molecular weight is 466 g/mol. The van der Waals surface area contributed by atoms with E-state index in [0.717, 1.165) is 0 Å². The number of aromatic nitrogens is 2. The minimum absolute atomic E-state index is 0.306. The van der Waals surface area contributed by atoms with Crippen LogP contribution < -0.4 is 14.8 Å². The van der Waals surface area contributed by atoms with Crippen LogP contribution in [0.5, 0.6) is 11.5 Å². The van der Waals surface area contributed by atoms with E-state index in [1.54, 1.807) is 38.5 Å². The van der Waals surface area contributed by atoms with Gasteiger partial charge < -0.3 is 24.3 Å². The Morgan fingerprint density at radius 3 is 2.59 bits per heavy atom. The zero-order valence-electron chi connectivity index (χ0n) is 16.1. The van der Waals surface area contributed by atoms with Gasteiger partial charge in [0.1, 0.15) is 24.6 Å². The van der Waals surface area contributed by atoms with Crippen molar-refractivity contribution >= 4 is 38.3 Å². The molecular weight excluding hydrogens is 445 g/mol. The summed E-state index contributed by atoms with van der Waals surface area (Å²) >= 11 is 3.25. The van der Waals surface area contributed by atoms with Crippen molar-refractivity contribution < 1.29 is 23.3 Å². The van der Waals surface area contributed by atoms with Gasteiger partial charge in [-0.1, -0.05) is 15.9 Å². The monoisotopic (exact) mass is 465 g/mol. The summed E-state index contributed by atoms with van der Waals surface area (Å²) in [6.45, 7) is 1.81. The Labute approximate surface area is 176 Å². The average Bonchev–Trinajstić information content (AvgIpc) is 2.72. The lowest BCUT2D eigenvalue weighted by Crippen LogP contribution is -2.10. The standard InChI is InChI=1S/C20H21BrFN3O4/c1-26-5-6-28-7-8-29-19-11-17-14(10-18(19)27-2)20(24-12-23-17)25-16-4-3-13(21)9-15(16)22/h3-4,9-12H,5-8H2,1-2H3,(H,23,24,25). The van der Waals surface area contributed by atoms with Crippen molar-refractivity contribution in [3.63, 3.8) is 0 Å². The quantitative estimate of drug-likeness (QED) is 0.446. The first-order valence-corrected chi connectivity index (χ1v) is 9.66. The molecule has 0 aliphatic carbocycles. The summed E-state index contributed by atoms with van der Waals surface area (Å²) in [5.41, 5.74) is 0.942. The molecule has 154 valence electrons. The fraction of sp³-hybridized carbons (Fsp3) is 0.300. The van der Waals surface area contributed by atoms with E-state index in [-0.39, 0.29) is 0 Å². The van der Waals surface area contributed by atoms with Crippen LogP contribution in [-0.2, 0) is 9.47 Å². The summed E-state index contributed by atoms with van der Waals surface area (Å²) in [4.78, 5) is 8.54. The molecule has 0 spiro atoms. The summed E-state index contributed by atoms with van der Waals surface area (Å²) < 4.78 is 36.4. The number of halogens is 2. The van der Waals surface area contributed by atoms with Crippen LogP contribution in [-0.4, -0.2) is 50.6 Å². The molecule has 0 saturated heterocycles. The second-order valence-corrected chi connectivity index (χ2v) is 6.86. The summed E-state index contributed by atoms with van der Waals surface area (Å²) in [6, 6.07) is 8.28. The minimum Gasteiger partial charge on any atom is -0.493 e. The van der Waals surface area contributed by atoms with Gasteiger partial charge in [-0.15, -0.1) is 0 Å². The lowest BCUT2D eigenvalue weighted by molar-refractivity contribution is 0.0540. The van der Waals surface area contributed by atoms with Crippen molar-refractivity contribution in [2.45, 2.75) is 0 Å². The van der Waals surface area contributed by atoms with Gasteiger partial charge in [0.05, 0.1) is 38.1 Å². The van der Waals surface area contributed by atoms with E-state index in [9.17, 15) is 4.39 Å². The Hall–Kier alpha value is -2.49. The van der Waals surface area contributed by atoms with Crippen molar-refractivity contribution in [1.82, 2.24) is 9.97 Å². The lowest BCUT2D eigenvalue weighted by Gasteiger charge is -2.14. The van der Waals surface area contributed by atoms with Gasteiger partial charge in [-0.3, -0.25) is 0 Å². The summed E-state index contributed by atoms with van der Waals surface area (Å²) in [6.07, 6.45) is 1.41. The number of nitrogens with one attached hydrogen (secondary N) is 1. The lowest BCUT2D eigenvalue weighted by atomic mass is 10.2. The molecule has 0 amide bonds. The SMILES string of the molecule is COCCOCCOc1cc2ncnc(Nc3ccc(Br)cc3F)c2cc1OC. The normalized spacial score (nSPS) is 10.9. The van der Waals surface area contributed by atoms with Crippen LogP contribution in [0.25, 0.3) is 10.9 Å². The number of benzene rings is 2. The number of rotatable bonds is 10. The summed E-state index contributed by atoms with van der Waals surface area (Å²) in [5, 5.41) is 3.69. The van der Waals surface area contributed by atoms with Crippen LogP contribution in [0.3, 0.4) is 0 Å². The van der Waals surface area contributed by atoms with E-state index < -0.39 is 5.82 Å². The maximum atomic E-state index is 14.2. The number of ether oxygens (including phenoxy) is 4. The van der Waals surface area contributed by atoms with Crippen LogP contribution in [0.4, 0.5) is 15.9 Å². The van der Waals surface area contributed by atoms with Crippen molar-refractivity contribution in [3.8, 4) is 11.5 Å². The first kappa shape index (κ1) is 21.2. The number of anilines is 2. The van der Waals surface area contributed by atoms with Gasteiger partial charge in [0.25, 0.3) is 0 Å². The second kappa shape index (κ2) is 10.3. The maximum Gasteiger partial charge on any atom is 0.163 e. The van der Waals surface area contributed by atoms with Crippen LogP contribution >= 0.6 is 15.9 Å². The Morgan fingerprint density at radius 2 is 1.83 bits per heavy atom. The molecule has 3 aromatic rings. The van der Waals surface area contributed by atoms with Crippen LogP contribution in [0.15, 0.2) is 41.1 Å². The van der Waals surface area contributed by atoms with Gasteiger partial charge in [0.15, 0.2) is 11.5 Å². The van der Waals surface area contributed by atoms with Gasteiger partial charge in [-0.05, 0) is 24.3 Å². The molecule has 1 heterocycles. The molecule has 0 radical (unpaired) electrons. The highest BCUT2D eigenvalue weighted by Gasteiger charge is 2.13. The molecule has 29 heavy (non-hydrogen) atoms. The molecule has 0 aliphatic rings. The van der Waals surface area contributed by atoms with Gasteiger partial charge in [-0.2, -0.15) is 0 Å². The molecule has 0 aliphatic heterocycles. The molecule has 2 aromatic carbocycles. The highest BCUT2D eigenvalue weighted by atomic mass is 79.9. The molecule has 0 unspecified atom stereocenters. The molecule has 1 aromatic heterocycles. The van der Waals surface area contributed by atoms with Crippen molar-refractivity contribution in [1.29, 1.82) is 0 Å². The predicted octanol–water partition coefficient (Wildman–Crippen LogP) is 4.33. The van der Waals surface area contributed by atoms with E-state index in [4.69, 9.17) is 18.9 Å². The molecule has 0 atom stereocenters. The van der Waals surface area contributed by atoms with E-state index in [2.05, 4.69) is 31.2 Å². The molecule has 0 bridgehead atoms. The van der Waals surface area contributed by atoms with Gasteiger partial charge in [0.2, 0.25) is 0 Å². The summed E-state index contributed by atoms with van der Waals surface area (Å²) in [5.74, 6) is 1.12. The minimum atomic E-state index is -0.397. The Balaban J connectivity index is 1.81. The Morgan fingerprint density at radius 1 is 1.00 bits per heavy atom. The fourth-order valence-electron chi connectivity index (χ4n) is 2.61. The van der Waals surface area contributed by atoms with E-state index in [1.807, 2.05) is 0 Å². The third-order valence-corrected chi connectivity index (χ3v) is 4.52. The van der Waals surface area contributed by atoms with E-state index in [1.165, 1.54) is 12.4 Å². The van der Waals surface area contributed by atoms with Crippen molar-refractivity contribution in [2.75, 3.05) is 46.0 Å². The van der Waals surface area contributed by atoms with Crippen LogP contribution in [0, 0.1) is 5.82 Å². The van der Waals surface area contributed by atoms with Crippen molar-refractivity contribution in [3.05, 3.63) is 46.9 Å².